The third-order valence-electron chi connectivity index (χ3n) is 2.93. The summed E-state index contributed by atoms with van der Waals surface area (Å²) >= 11 is 0. The minimum absolute atomic E-state index is 0.157. The fourth-order valence-corrected chi connectivity index (χ4v) is 1.76. The highest BCUT2D eigenvalue weighted by Gasteiger charge is 2.12. The molecule has 0 atom stereocenters. The summed E-state index contributed by atoms with van der Waals surface area (Å²) in [5, 5.41) is 14.0. The topological polar surface area (TPSA) is 64.4 Å². The van der Waals surface area contributed by atoms with Crippen LogP contribution in [0.15, 0.2) is 18.2 Å². The number of nitro benzene ring substituents is 1. The molecule has 0 radical (unpaired) electrons. The Kier molecular flexibility index (Phi) is 6.89. The highest BCUT2D eigenvalue weighted by Crippen LogP contribution is 2.24. The van der Waals surface area contributed by atoms with Gasteiger partial charge in [0, 0.05) is 37.1 Å². The van der Waals surface area contributed by atoms with Gasteiger partial charge in [-0.3, -0.25) is 10.1 Å². The number of benzene rings is 1. The summed E-state index contributed by atoms with van der Waals surface area (Å²) in [5.41, 5.74) is 1.66. The van der Waals surface area contributed by atoms with Crippen molar-refractivity contribution in [3.05, 3.63) is 33.9 Å². The van der Waals surface area contributed by atoms with Crippen molar-refractivity contribution in [3.8, 4) is 0 Å². The molecule has 0 saturated heterocycles. The molecule has 0 amide bonds. The van der Waals surface area contributed by atoms with Crippen molar-refractivity contribution in [3.63, 3.8) is 0 Å². The van der Waals surface area contributed by atoms with Crippen molar-refractivity contribution in [2.24, 2.45) is 0 Å². The Balaban J connectivity index is 2.33. The molecular weight excluding hydrogens is 244 g/mol. The first kappa shape index (κ1) is 15.4. The average Bonchev–Trinajstić information content (AvgIpc) is 2.39. The van der Waals surface area contributed by atoms with Crippen molar-refractivity contribution < 1.29 is 9.66 Å². The Hall–Kier alpha value is -1.62. The predicted molar refractivity (Wildman–Crippen MR) is 76.7 cm³/mol. The van der Waals surface area contributed by atoms with E-state index in [1.54, 1.807) is 13.0 Å². The smallest absolute Gasteiger partial charge is 0.274 e. The lowest BCUT2D eigenvalue weighted by Gasteiger charge is -2.09. The predicted octanol–water partition coefficient (Wildman–Crippen LogP) is 3.52. The molecule has 0 aliphatic carbocycles. The molecule has 0 aromatic heterocycles. The lowest BCUT2D eigenvalue weighted by molar-refractivity contribution is -0.385. The Morgan fingerprint density at radius 2 is 2.05 bits per heavy atom. The maximum Gasteiger partial charge on any atom is 0.274 e. The van der Waals surface area contributed by atoms with Gasteiger partial charge in [-0.15, -0.1) is 0 Å². The average molecular weight is 266 g/mol. The molecule has 0 fully saturated rings. The van der Waals surface area contributed by atoms with Crippen LogP contribution in [0.25, 0.3) is 0 Å². The molecular formula is C14H22N2O3. The monoisotopic (exact) mass is 266 g/mol. The minimum Gasteiger partial charge on any atom is -0.385 e. The molecule has 1 aromatic rings. The van der Waals surface area contributed by atoms with E-state index in [2.05, 4.69) is 12.2 Å². The quantitative estimate of drug-likeness (QED) is 0.422. The van der Waals surface area contributed by atoms with Gasteiger partial charge in [-0.05, 0) is 25.8 Å². The summed E-state index contributed by atoms with van der Waals surface area (Å²) in [6.45, 7) is 6.19. The van der Waals surface area contributed by atoms with E-state index in [9.17, 15) is 10.1 Å². The Morgan fingerprint density at radius 3 is 2.74 bits per heavy atom. The second kappa shape index (κ2) is 8.48. The lowest BCUT2D eigenvalue weighted by Crippen LogP contribution is -2.07. The molecule has 5 heteroatoms. The number of nitrogens with one attached hydrogen (secondary N) is 1. The molecule has 1 N–H and O–H groups in total. The van der Waals surface area contributed by atoms with Crippen molar-refractivity contribution >= 4 is 11.4 Å². The van der Waals surface area contributed by atoms with E-state index in [1.807, 2.05) is 6.07 Å². The lowest BCUT2D eigenvalue weighted by atomic mass is 10.1. The summed E-state index contributed by atoms with van der Waals surface area (Å²) in [4.78, 5) is 10.5. The summed E-state index contributed by atoms with van der Waals surface area (Å²) in [6.07, 6.45) is 3.13. The first-order valence-electron chi connectivity index (χ1n) is 6.72. The summed E-state index contributed by atoms with van der Waals surface area (Å²) in [6, 6.07) is 5.08. The minimum atomic E-state index is -0.353. The molecule has 1 aromatic carbocycles. The van der Waals surface area contributed by atoms with E-state index in [0.29, 0.717) is 5.56 Å². The first-order valence-corrected chi connectivity index (χ1v) is 6.72. The van der Waals surface area contributed by atoms with Crippen LogP contribution in [-0.2, 0) is 4.74 Å². The Bertz CT molecular complexity index is 408. The van der Waals surface area contributed by atoms with E-state index in [1.165, 1.54) is 6.07 Å². The number of nitro groups is 1. The van der Waals surface area contributed by atoms with Crippen LogP contribution in [0, 0.1) is 17.0 Å². The molecule has 1 rings (SSSR count). The molecule has 106 valence electrons. The zero-order valence-electron chi connectivity index (χ0n) is 11.6. The molecule has 0 saturated carbocycles. The number of ether oxygens (including phenoxy) is 1. The zero-order chi connectivity index (χ0) is 14.1. The second-order valence-electron chi connectivity index (χ2n) is 4.45. The molecule has 0 heterocycles. The number of nitrogens with zero attached hydrogens (tertiary/aromatic N) is 1. The van der Waals surface area contributed by atoms with Gasteiger partial charge in [-0.2, -0.15) is 0 Å². The second-order valence-corrected chi connectivity index (χ2v) is 4.45. The first-order chi connectivity index (χ1) is 9.16. The fraction of sp³-hybridized carbons (Fsp3) is 0.571. The fourth-order valence-electron chi connectivity index (χ4n) is 1.76. The van der Waals surface area contributed by atoms with E-state index in [-0.39, 0.29) is 10.6 Å². The van der Waals surface area contributed by atoms with Gasteiger partial charge in [0.2, 0.25) is 0 Å². The van der Waals surface area contributed by atoms with Crippen LogP contribution in [0.2, 0.25) is 0 Å². The van der Waals surface area contributed by atoms with Gasteiger partial charge >= 0.3 is 0 Å². The van der Waals surface area contributed by atoms with Gasteiger partial charge in [0.05, 0.1) is 4.92 Å². The number of hydrogen-bond acceptors (Lipinski definition) is 4. The summed E-state index contributed by atoms with van der Waals surface area (Å²) in [7, 11) is 0. The largest absolute Gasteiger partial charge is 0.385 e. The Labute approximate surface area is 114 Å². The van der Waals surface area contributed by atoms with Crippen molar-refractivity contribution in [1.29, 1.82) is 0 Å². The van der Waals surface area contributed by atoms with Crippen molar-refractivity contribution in [2.45, 2.75) is 33.1 Å². The molecule has 0 aliphatic heterocycles. The highest BCUT2D eigenvalue weighted by molar-refractivity contribution is 5.59. The van der Waals surface area contributed by atoms with Crippen LogP contribution in [0.5, 0.6) is 0 Å². The summed E-state index contributed by atoms with van der Waals surface area (Å²) in [5.74, 6) is 0. The van der Waals surface area contributed by atoms with Crippen molar-refractivity contribution in [1.82, 2.24) is 0 Å². The number of anilines is 1. The van der Waals surface area contributed by atoms with Crippen LogP contribution < -0.4 is 5.32 Å². The molecule has 0 bridgehead atoms. The van der Waals surface area contributed by atoms with E-state index in [4.69, 9.17) is 4.74 Å². The van der Waals surface area contributed by atoms with E-state index >= 15 is 0 Å². The van der Waals surface area contributed by atoms with Crippen LogP contribution in [-0.4, -0.2) is 24.7 Å². The van der Waals surface area contributed by atoms with Gasteiger partial charge < -0.3 is 10.1 Å². The SMILES string of the molecule is CCCCOCCCNc1cccc([N+](=O)[O-])c1C. The third-order valence-corrected chi connectivity index (χ3v) is 2.93. The number of hydrogen-bond donors (Lipinski definition) is 1. The highest BCUT2D eigenvalue weighted by atomic mass is 16.6. The molecule has 0 spiro atoms. The normalized spacial score (nSPS) is 10.4. The molecule has 5 nitrogen and oxygen atoms in total. The zero-order valence-corrected chi connectivity index (χ0v) is 11.6. The molecule has 0 unspecified atom stereocenters. The third kappa shape index (κ3) is 5.26. The standard InChI is InChI=1S/C14H22N2O3/c1-3-4-10-19-11-6-9-15-13-7-5-8-14(12(13)2)16(17)18/h5,7-8,15H,3-4,6,9-11H2,1-2H3. The van der Waals surface area contributed by atoms with Crippen molar-refractivity contribution in [2.75, 3.05) is 25.1 Å². The summed E-state index contributed by atoms with van der Waals surface area (Å²) < 4.78 is 5.46. The van der Waals surface area contributed by atoms with Gasteiger partial charge in [-0.25, -0.2) is 0 Å². The van der Waals surface area contributed by atoms with E-state index < -0.39 is 0 Å². The van der Waals surface area contributed by atoms with Crippen LogP contribution in [0.1, 0.15) is 31.7 Å². The van der Waals surface area contributed by atoms with E-state index in [0.717, 1.165) is 44.7 Å². The van der Waals surface area contributed by atoms with Gasteiger partial charge in [0.15, 0.2) is 0 Å². The van der Waals surface area contributed by atoms with Crippen LogP contribution in [0.4, 0.5) is 11.4 Å². The van der Waals surface area contributed by atoms with Gasteiger partial charge in [0.1, 0.15) is 0 Å². The Morgan fingerprint density at radius 1 is 1.32 bits per heavy atom. The van der Waals surface area contributed by atoms with Crippen LogP contribution in [0.3, 0.4) is 0 Å². The number of unbranched alkanes of at least 4 members (excludes halogenated alkanes) is 1. The maximum absolute atomic E-state index is 10.8. The molecule has 19 heavy (non-hydrogen) atoms. The maximum atomic E-state index is 10.8. The molecule has 0 aliphatic rings. The van der Waals surface area contributed by atoms with Crippen LogP contribution >= 0.6 is 0 Å². The van der Waals surface area contributed by atoms with Gasteiger partial charge in [-0.1, -0.05) is 19.4 Å². The number of rotatable bonds is 9. The van der Waals surface area contributed by atoms with Gasteiger partial charge in [0.25, 0.3) is 5.69 Å².